The quantitative estimate of drug-likeness (QED) is 0.413. The lowest BCUT2D eigenvalue weighted by molar-refractivity contribution is -0.119. The minimum absolute atomic E-state index is 0.144. The number of amides is 1. The molecular formula is C26H28N4O4. The highest BCUT2D eigenvalue weighted by molar-refractivity contribution is 5.95. The zero-order valence-electron chi connectivity index (χ0n) is 20.0. The molecule has 0 aliphatic rings. The normalized spacial score (nSPS) is 12.2. The number of ether oxygens (including phenoxy) is 1. The SMILES string of the molecule is CCC(C(=O)Nc1ccc(C(C)C)cc1)n1nc(-c2ccc(OC)cc2)c2c(C)onc2c1=O. The number of benzene rings is 2. The van der Waals surface area contributed by atoms with E-state index < -0.39 is 11.6 Å². The standard InChI is InChI=1S/C26H28N4O4/c1-6-21(25(31)27-19-11-7-17(8-12-19)15(2)3)30-26(32)24-22(16(4)34-29-24)23(28-30)18-9-13-20(33-5)14-10-18/h7-15,21H,6H2,1-5H3,(H,27,31). The zero-order chi connectivity index (χ0) is 24.4. The Bertz CT molecular complexity index is 1370. The number of hydrogen-bond donors (Lipinski definition) is 1. The molecule has 8 nitrogen and oxygen atoms in total. The van der Waals surface area contributed by atoms with Crippen LogP contribution in [0.4, 0.5) is 5.69 Å². The van der Waals surface area contributed by atoms with Crippen molar-refractivity contribution in [3.05, 3.63) is 70.2 Å². The van der Waals surface area contributed by atoms with Gasteiger partial charge < -0.3 is 14.6 Å². The van der Waals surface area contributed by atoms with Gasteiger partial charge in [0.2, 0.25) is 5.91 Å². The first-order chi connectivity index (χ1) is 16.3. The van der Waals surface area contributed by atoms with E-state index in [0.29, 0.717) is 40.6 Å². The van der Waals surface area contributed by atoms with Crippen LogP contribution in [0.5, 0.6) is 5.75 Å². The number of anilines is 1. The van der Waals surface area contributed by atoms with Crippen LogP contribution in [-0.4, -0.2) is 28.0 Å². The van der Waals surface area contributed by atoms with Crippen molar-refractivity contribution in [3.63, 3.8) is 0 Å². The fourth-order valence-corrected chi connectivity index (χ4v) is 3.92. The second-order valence-electron chi connectivity index (χ2n) is 8.48. The Hall–Kier alpha value is -3.94. The highest BCUT2D eigenvalue weighted by Crippen LogP contribution is 2.29. The summed E-state index contributed by atoms with van der Waals surface area (Å²) in [6.07, 6.45) is 0.368. The minimum Gasteiger partial charge on any atom is -0.497 e. The molecule has 0 aliphatic carbocycles. The van der Waals surface area contributed by atoms with E-state index in [1.807, 2.05) is 55.5 Å². The first-order valence-electron chi connectivity index (χ1n) is 11.3. The van der Waals surface area contributed by atoms with Crippen molar-refractivity contribution >= 4 is 22.5 Å². The fraction of sp³-hybridized carbons (Fsp3) is 0.308. The Labute approximate surface area is 197 Å². The molecule has 0 fully saturated rings. The van der Waals surface area contributed by atoms with Gasteiger partial charge in [0.05, 0.1) is 12.5 Å². The summed E-state index contributed by atoms with van der Waals surface area (Å²) in [4.78, 5) is 26.5. The number of nitrogens with zero attached hydrogens (tertiary/aromatic N) is 3. The Morgan fingerprint density at radius 1 is 1.12 bits per heavy atom. The number of hydrogen-bond acceptors (Lipinski definition) is 6. The molecule has 0 bridgehead atoms. The molecule has 1 N–H and O–H groups in total. The number of carbonyl (C=O) groups excluding carboxylic acids is 1. The molecule has 0 saturated carbocycles. The smallest absolute Gasteiger partial charge is 0.297 e. The number of methoxy groups -OCH3 is 1. The monoisotopic (exact) mass is 460 g/mol. The molecule has 1 amide bonds. The second-order valence-corrected chi connectivity index (χ2v) is 8.48. The van der Waals surface area contributed by atoms with Gasteiger partial charge in [-0.3, -0.25) is 9.59 Å². The van der Waals surface area contributed by atoms with Crippen molar-refractivity contribution in [2.75, 3.05) is 12.4 Å². The molecule has 1 atom stereocenters. The molecule has 2 aromatic carbocycles. The van der Waals surface area contributed by atoms with Gasteiger partial charge >= 0.3 is 0 Å². The summed E-state index contributed by atoms with van der Waals surface area (Å²) in [6.45, 7) is 7.80. The lowest BCUT2D eigenvalue weighted by atomic mass is 10.0. The van der Waals surface area contributed by atoms with Gasteiger partial charge in [0.15, 0.2) is 5.52 Å². The summed E-state index contributed by atoms with van der Waals surface area (Å²) in [5.74, 6) is 1.25. The molecule has 34 heavy (non-hydrogen) atoms. The molecule has 1 unspecified atom stereocenters. The summed E-state index contributed by atoms with van der Waals surface area (Å²) < 4.78 is 11.8. The molecular weight excluding hydrogens is 432 g/mol. The van der Waals surface area contributed by atoms with Gasteiger partial charge in [-0.05, 0) is 61.2 Å². The van der Waals surface area contributed by atoms with Gasteiger partial charge in [0.1, 0.15) is 23.2 Å². The van der Waals surface area contributed by atoms with Crippen molar-refractivity contribution in [2.24, 2.45) is 0 Å². The third-order valence-electron chi connectivity index (χ3n) is 5.91. The number of fused-ring (bicyclic) bond motifs is 1. The summed E-state index contributed by atoms with van der Waals surface area (Å²) in [6, 6.07) is 14.2. The maximum Gasteiger partial charge on any atom is 0.297 e. The Morgan fingerprint density at radius 2 is 1.79 bits per heavy atom. The van der Waals surface area contributed by atoms with E-state index in [0.717, 1.165) is 5.56 Å². The zero-order valence-corrected chi connectivity index (χ0v) is 20.0. The van der Waals surface area contributed by atoms with Gasteiger partial charge in [-0.2, -0.15) is 5.10 Å². The molecule has 4 rings (SSSR count). The van der Waals surface area contributed by atoms with Crippen LogP contribution in [0.25, 0.3) is 22.2 Å². The van der Waals surface area contributed by atoms with Crippen molar-refractivity contribution in [1.82, 2.24) is 14.9 Å². The minimum atomic E-state index is -0.823. The first-order valence-corrected chi connectivity index (χ1v) is 11.3. The molecule has 4 aromatic rings. The van der Waals surface area contributed by atoms with Crippen LogP contribution >= 0.6 is 0 Å². The lowest BCUT2D eigenvalue weighted by Crippen LogP contribution is -2.35. The van der Waals surface area contributed by atoms with E-state index >= 15 is 0 Å². The number of carbonyl (C=O) groups is 1. The molecule has 0 radical (unpaired) electrons. The fourth-order valence-electron chi connectivity index (χ4n) is 3.92. The molecule has 2 aromatic heterocycles. The second kappa shape index (κ2) is 9.51. The van der Waals surface area contributed by atoms with E-state index in [9.17, 15) is 9.59 Å². The van der Waals surface area contributed by atoms with Crippen molar-refractivity contribution in [3.8, 4) is 17.0 Å². The van der Waals surface area contributed by atoms with Gasteiger partial charge in [-0.25, -0.2) is 4.68 Å². The van der Waals surface area contributed by atoms with Crippen LogP contribution in [0.2, 0.25) is 0 Å². The highest BCUT2D eigenvalue weighted by Gasteiger charge is 2.26. The number of rotatable bonds is 7. The third-order valence-corrected chi connectivity index (χ3v) is 5.91. The summed E-state index contributed by atoms with van der Waals surface area (Å²) >= 11 is 0. The number of aryl methyl sites for hydroxylation is 1. The molecule has 2 heterocycles. The Balaban J connectivity index is 1.76. The van der Waals surface area contributed by atoms with Gasteiger partial charge in [-0.15, -0.1) is 0 Å². The van der Waals surface area contributed by atoms with Crippen LogP contribution in [0.3, 0.4) is 0 Å². The lowest BCUT2D eigenvalue weighted by Gasteiger charge is -2.18. The summed E-state index contributed by atoms with van der Waals surface area (Å²) in [5, 5.41) is 12.1. The largest absolute Gasteiger partial charge is 0.497 e. The van der Waals surface area contributed by atoms with E-state index in [1.54, 1.807) is 14.0 Å². The number of aromatic nitrogens is 3. The van der Waals surface area contributed by atoms with Gasteiger partial charge in [0, 0.05) is 11.3 Å². The average molecular weight is 461 g/mol. The average Bonchev–Trinajstić information content (AvgIpc) is 3.23. The predicted molar refractivity (Wildman–Crippen MR) is 131 cm³/mol. The summed E-state index contributed by atoms with van der Waals surface area (Å²) in [5.41, 5.74) is 2.79. The van der Waals surface area contributed by atoms with Crippen LogP contribution in [-0.2, 0) is 4.79 Å². The van der Waals surface area contributed by atoms with E-state index in [2.05, 4.69) is 29.4 Å². The van der Waals surface area contributed by atoms with Crippen LogP contribution in [0.15, 0.2) is 57.8 Å². The molecule has 0 spiro atoms. The van der Waals surface area contributed by atoms with Gasteiger partial charge in [0.25, 0.3) is 5.56 Å². The van der Waals surface area contributed by atoms with E-state index in [4.69, 9.17) is 9.26 Å². The summed E-state index contributed by atoms with van der Waals surface area (Å²) in [7, 11) is 1.59. The maximum atomic E-state index is 13.3. The first kappa shape index (κ1) is 23.2. The molecule has 0 aliphatic heterocycles. The molecule has 8 heteroatoms. The Morgan fingerprint density at radius 3 is 2.38 bits per heavy atom. The maximum absolute atomic E-state index is 13.3. The van der Waals surface area contributed by atoms with Crippen molar-refractivity contribution < 1.29 is 14.1 Å². The topological polar surface area (TPSA) is 99.2 Å². The van der Waals surface area contributed by atoms with Crippen molar-refractivity contribution in [1.29, 1.82) is 0 Å². The van der Waals surface area contributed by atoms with Crippen LogP contribution in [0.1, 0.15) is 50.5 Å². The third kappa shape index (κ3) is 4.31. The van der Waals surface area contributed by atoms with Crippen LogP contribution < -0.4 is 15.6 Å². The van der Waals surface area contributed by atoms with Gasteiger partial charge in [-0.1, -0.05) is 38.1 Å². The van der Waals surface area contributed by atoms with Crippen LogP contribution in [0, 0.1) is 6.92 Å². The highest BCUT2D eigenvalue weighted by atomic mass is 16.5. The molecule has 0 saturated heterocycles. The number of nitrogens with one attached hydrogen (secondary N) is 1. The van der Waals surface area contributed by atoms with E-state index in [-0.39, 0.29) is 11.4 Å². The van der Waals surface area contributed by atoms with Crippen molar-refractivity contribution in [2.45, 2.75) is 46.1 Å². The Kier molecular flexibility index (Phi) is 6.49. The molecule has 176 valence electrons. The van der Waals surface area contributed by atoms with E-state index in [1.165, 1.54) is 10.2 Å². The predicted octanol–water partition coefficient (Wildman–Crippen LogP) is 5.08.